The van der Waals surface area contributed by atoms with Gasteiger partial charge in [-0.1, -0.05) is 29.3 Å². The summed E-state index contributed by atoms with van der Waals surface area (Å²) in [6, 6.07) is 8.00. The number of nitrogens with one attached hydrogen (secondary N) is 1. The minimum atomic E-state index is 0.0873. The first-order valence-corrected chi connectivity index (χ1v) is 9.49. The zero-order valence-corrected chi connectivity index (χ0v) is 14.5. The Morgan fingerprint density at radius 1 is 1.29 bits per heavy atom. The first-order valence-electron chi connectivity index (χ1n) is 6.76. The summed E-state index contributed by atoms with van der Waals surface area (Å²) in [6.07, 6.45) is 1.93. The molecule has 1 atom stereocenters. The van der Waals surface area contributed by atoms with Gasteiger partial charge in [-0.15, -0.1) is 11.3 Å². The second-order valence-electron chi connectivity index (χ2n) is 5.06. The maximum Gasteiger partial charge on any atom is 0.0594 e. The quantitative estimate of drug-likeness (QED) is 0.619. The van der Waals surface area contributed by atoms with Gasteiger partial charge < -0.3 is 0 Å². The first-order chi connectivity index (χ1) is 10.2. The molecule has 1 aromatic heterocycles. The molecule has 0 fully saturated rings. The summed E-state index contributed by atoms with van der Waals surface area (Å²) in [5, 5.41) is 1.35. The smallest absolute Gasteiger partial charge is 0.0594 e. The monoisotopic (exact) mass is 358 g/mol. The Labute approximate surface area is 143 Å². The molecule has 0 bridgehead atoms. The van der Waals surface area contributed by atoms with Gasteiger partial charge in [-0.25, -0.2) is 0 Å². The predicted molar refractivity (Wildman–Crippen MR) is 94.4 cm³/mol. The van der Waals surface area contributed by atoms with Gasteiger partial charge in [0, 0.05) is 25.6 Å². The molecule has 1 unspecified atom stereocenters. The molecule has 3 rings (SSSR count). The van der Waals surface area contributed by atoms with Gasteiger partial charge in [0.05, 0.1) is 6.04 Å². The SMILES string of the molecule is NNC(Cc1ccc(Cl)cc1Cl)c1cc2c(s1)CCSC2. The molecule has 3 N–H and O–H groups in total. The van der Waals surface area contributed by atoms with Crippen molar-refractivity contribution in [2.45, 2.75) is 24.6 Å². The number of thioether (sulfide) groups is 1. The van der Waals surface area contributed by atoms with E-state index in [4.69, 9.17) is 29.0 Å². The van der Waals surface area contributed by atoms with Crippen LogP contribution in [-0.4, -0.2) is 5.75 Å². The van der Waals surface area contributed by atoms with E-state index in [1.54, 1.807) is 6.07 Å². The molecule has 2 heterocycles. The highest BCUT2D eigenvalue weighted by Crippen LogP contribution is 2.36. The average molecular weight is 359 g/mol. The second kappa shape index (κ2) is 6.90. The Morgan fingerprint density at radius 3 is 2.86 bits per heavy atom. The van der Waals surface area contributed by atoms with Gasteiger partial charge in [0.1, 0.15) is 0 Å². The number of halogens is 2. The van der Waals surface area contributed by atoms with Gasteiger partial charge in [0.2, 0.25) is 0 Å². The van der Waals surface area contributed by atoms with E-state index in [1.165, 1.54) is 27.5 Å². The third-order valence-electron chi connectivity index (χ3n) is 3.63. The molecule has 1 aromatic carbocycles. The van der Waals surface area contributed by atoms with Crippen molar-refractivity contribution < 1.29 is 0 Å². The van der Waals surface area contributed by atoms with Crippen LogP contribution in [0.2, 0.25) is 10.0 Å². The Bertz CT molecular complexity index is 619. The summed E-state index contributed by atoms with van der Waals surface area (Å²) < 4.78 is 0. The predicted octanol–water partition coefficient (Wildman–Crippen LogP) is 4.59. The molecule has 0 spiro atoms. The summed E-state index contributed by atoms with van der Waals surface area (Å²) in [5.41, 5.74) is 5.46. The fourth-order valence-corrected chi connectivity index (χ4v) is 5.41. The molecule has 21 heavy (non-hydrogen) atoms. The zero-order valence-electron chi connectivity index (χ0n) is 11.4. The fourth-order valence-electron chi connectivity index (χ4n) is 2.49. The molecular formula is C15H16Cl2N2S2. The van der Waals surface area contributed by atoms with E-state index in [0.29, 0.717) is 10.0 Å². The first kappa shape index (κ1) is 15.7. The van der Waals surface area contributed by atoms with E-state index in [9.17, 15) is 0 Å². The highest BCUT2D eigenvalue weighted by molar-refractivity contribution is 7.98. The van der Waals surface area contributed by atoms with Crippen molar-refractivity contribution in [3.63, 3.8) is 0 Å². The largest absolute Gasteiger partial charge is 0.271 e. The third-order valence-corrected chi connectivity index (χ3v) is 6.58. The topological polar surface area (TPSA) is 38.0 Å². The van der Waals surface area contributed by atoms with Crippen LogP contribution < -0.4 is 11.3 Å². The van der Waals surface area contributed by atoms with Crippen LogP contribution in [0.1, 0.15) is 26.9 Å². The minimum absolute atomic E-state index is 0.0873. The molecule has 0 aliphatic carbocycles. The van der Waals surface area contributed by atoms with Crippen LogP contribution in [0.5, 0.6) is 0 Å². The van der Waals surface area contributed by atoms with Crippen LogP contribution >= 0.6 is 46.3 Å². The lowest BCUT2D eigenvalue weighted by atomic mass is 10.0. The maximum absolute atomic E-state index is 6.27. The molecule has 0 saturated heterocycles. The van der Waals surface area contributed by atoms with Gasteiger partial charge in [-0.2, -0.15) is 11.8 Å². The number of aryl methyl sites for hydroxylation is 1. The van der Waals surface area contributed by atoms with Crippen molar-refractivity contribution in [2.75, 3.05) is 5.75 Å². The van der Waals surface area contributed by atoms with Crippen LogP contribution in [-0.2, 0) is 18.6 Å². The van der Waals surface area contributed by atoms with Crippen LogP contribution in [0, 0.1) is 0 Å². The van der Waals surface area contributed by atoms with Crippen molar-refractivity contribution >= 4 is 46.3 Å². The number of hydrogen-bond acceptors (Lipinski definition) is 4. The van der Waals surface area contributed by atoms with Crippen LogP contribution in [0.4, 0.5) is 0 Å². The standard InChI is InChI=1S/C15H16Cl2N2S2/c16-11-2-1-9(12(17)7-11)5-13(19-18)15-6-10-8-20-4-3-14(10)21-15/h1-2,6-7,13,19H,3-5,8,18H2. The molecule has 1 aliphatic heterocycles. The van der Waals surface area contributed by atoms with Crippen molar-refractivity contribution in [2.24, 2.45) is 5.84 Å². The van der Waals surface area contributed by atoms with Crippen molar-refractivity contribution in [1.82, 2.24) is 5.43 Å². The fraction of sp³-hybridized carbons (Fsp3) is 0.333. The van der Waals surface area contributed by atoms with Crippen LogP contribution in [0.3, 0.4) is 0 Å². The van der Waals surface area contributed by atoms with E-state index in [1.807, 2.05) is 35.2 Å². The van der Waals surface area contributed by atoms with Gasteiger partial charge in [0.25, 0.3) is 0 Å². The molecular weight excluding hydrogens is 343 g/mol. The lowest BCUT2D eigenvalue weighted by molar-refractivity contribution is 0.560. The van der Waals surface area contributed by atoms with E-state index in [0.717, 1.165) is 17.7 Å². The highest BCUT2D eigenvalue weighted by atomic mass is 35.5. The molecule has 2 aromatic rings. The molecule has 6 heteroatoms. The number of fused-ring (bicyclic) bond motifs is 1. The molecule has 0 amide bonds. The van der Waals surface area contributed by atoms with Gasteiger partial charge in [0.15, 0.2) is 0 Å². The lowest BCUT2D eigenvalue weighted by Gasteiger charge is -2.15. The van der Waals surface area contributed by atoms with E-state index < -0.39 is 0 Å². The molecule has 1 aliphatic rings. The second-order valence-corrected chi connectivity index (χ2v) is 8.18. The van der Waals surface area contributed by atoms with E-state index in [2.05, 4.69) is 11.5 Å². The normalized spacial score (nSPS) is 15.8. The number of rotatable bonds is 4. The summed E-state index contributed by atoms with van der Waals surface area (Å²) in [7, 11) is 0. The molecule has 2 nitrogen and oxygen atoms in total. The minimum Gasteiger partial charge on any atom is -0.271 e. The van der Waals surface area contributed by atoms with Crippen LogP contribution in [0.25, 0.3) is 0 Å². The Hall–Kier alpha value is -0.230. The molecule has 0 saturated carbocycles. The summed E-state index contributed by atoms with van der Waals surface area (Å²) >= 11 is 16.1. The Balaban J connectivity index is 1.83. The van der Waals surface area contributed by atoms with Gasteiger partial charge in [-0.3, -0.25) is 11.3 Å². The lowest BCUT2D eigenvalue weighted by Crippen LogP contribution is -2.29. The van der Waals surface area contributed by atoms with Gasteiger partial charge in [-0.05, 0) is 47.9 Å². The third kappa shape index (κ3) is 3.58. The zero-order chi connectivity index (χ0) is 14.8. The van der Waals surface area contributed by atoms with Crippen molar-refractivity contribution in [3.8, 4) is 0 Å². The number of hydrazine groups is 1. The van der Waals surface area contributed by atoms with E-state index in [-0.39, 0.29) is 6.04 Å². The van der Waals surface area contributed by atoms with Crippen molar-refractivity contribution in [1.29, 1.82) is 0 Å². The summed E-state index contributed by atoms with van der Waals surface area (Å²) in [4.78, 5) is 2.79. The van der Waals surface area contributed by atoms with E-state index >= 15 is 0 Å². The number of benzene rings is 1. The number of thiophene rings is 1. The highest BCUT2D eigenvalue weighted by Gasteiger charge is 2.19. The Morgan fingerprint density at radius 2 is 2.14 bits per heavy atom. The van der Waals surface area contributed by atoms with Crippen molar-refractivity contribution in [3.05, 3.63) is 55.2 Å². The summed E-state index contributed by atoms with van der Waals surface area (Å²) in [6.45, 7) is 0. The number of nitrogens with two attached hydrogens (primary N) is 1. The molecule has 112 valence electrons. The average Bonchev–Trinajstić information content (AvgIpc) is 2.90. The maximum atomic E-state index is 6.27. The number of hydrogen-bond donors (Lipinski definition) is 2. The van der Waals surface area contributed by atoms with Crippen LogP contribution in [0.15, 0.2) is 24.3 Å². The molecule has 0 radical (unpaired) electrons. The summed E-state index contributed by atoms with van der Waals surface area (Å²) in [5.74, 6) is 8.11. The Kier molecular flexibility index (Phi) is 5.15. The van der Waals surface area contributed by atoms with Gasteiger partial charge >= 0.3 is 0 Å².